The van der Waals surface area contributed by atoms with Gasteiger partial charge < -0.3 is 10.4 Å². The summed E-state index contributed by atoms with van der Waals surface area (Å²) in [5, 5.41) is 16.7. The van der Waals surface area contributed by atoms with E-state index in [0.29, 0.717) is 26.3 Å². The minimum atomic E-state index is -0.429. The maximum Gasteiger partial charge on any atom is 0.271 e. The number of carbonyl (C=O) groups is 2. The first kappa shape index (κ1) is 18.0. The van der Waals surface area contributed by atoms with Crippen molar-refractivity contribution >= 4 is 51.2 Å². The summed E-state index contributed by atoms with van der Waals surface area (Å²) in [4.78, 5) is 22.9. The smallest absolute Gasteiger partial charge is 0.271 e. The monoisotopic (exact) mass is 409 g/mol. The largest absolute Gasteiger partial charge is 0.506 e. The number of rotatable bonds is 4. The summed E-state index contributed by atoms with van der Waals surface area (Å²) in [6, 6.07) is 9.40. The second-order valence-corrected chi connectivity index (χ2v) is 6.07. The molecule has 0 spiro atoms. The van der Waals surface area contributed by atoms with E-state index >= 15 is 0 Å². The van der Waals surface area contributed by atoms with Crippen LogP contribution in [0, 0.1) is 0 Å². The van der Waals surface area contributed by atoms with E-state index < -0.39 is 5.91 Å². The standard InChI is InChI=1S/C16H13BrClN3O3/c1-9(22)20-13-4-2-10(3-5-13)16(24)21-19-8-11-6-12(18)7-14(17)15(11)23/h2-8,23H,1H3,(H,20,22)(H,21,24)/b19-8+. The third-order valence-electron chi connectivity index (χ3n) is 2.89. The summed E-state index contributed by atoms with van der Waals surface area (Å²) >= 11 is 9.05. The highest BCUT2D eigenvalue weighted by molar-refractivity contribution is 9.10. The lowest BCUT2D eigenvalue weighted by molar-refractivity contribution is -0.114. The van der Waals surface area contributed by atoms with Gasteiger partial charge in [0.2, 0.25) is 5.91 Å². The van der Waals surface area contributed by atoms with E-state index in [2.05, 4.69) is 31.8 Å². The van der Waals surface area contributed by atoms with Gasteiger partial charge in [0.15, 0.2) is 0 Å². The molecule has 24 heavy (non-hydrogen) atoms. The van der Waals surface area contributed by atoms with E-state index in [9.17, 15) is 14.7 Å². The van der Waals surface area contributed by atoms with E-state index in [1.807, 2.05) is 0 Å². The molecule has 2 rings (SSSR count). The van der Waals surface area contributed by atoms with Crippen molar-refractivity contribution in [3.63, 3.8) is 0 Å². The normalized spacial score (nSPS) is 10.6. The van der Waals surface area contributed by atoms with Crippen molar-refractivity contribution in [2.24, 2.45) is 5.10 Å². The zero-order valence-corrected chi connectivity index (χ0v) is 14.9. The molecule has 2 aromatic carbocycles. The molecule has 0 aliphatic carbocycles. The lowest BCUT2D eigenvalue weighted by Gasteiger charge is -2.04. The van der Waals surface area contributed by atoms with Crippen LogP contribution in [0.5, 0.6) is 5.75 Å². The molecule has 0 fully saturated rings. The second kappa shape index (κ2) is 7.94. The van der Waals surface area contributed by atoms with Gasteiger partial charge in [-0.2, -0.15) is 5.10 Å². The van der Waals surface area contributed by atoms with Crippen molar-refractivity contribution < 1.29 is 14.7 Å². The quantitative estimate of drug-likeness (QED) is 0.532. The number of halogens is 2. The van der Waals surface area contributed by atoms with Crippen LogP contribution in [0.15, 0.2) is 46.0 Å². The zero-order valence-electron chi connectivity index (χ0n) is 12.5. The topological polar surface area (TPSA) is 90.8 Å². The van der Waals surface area contributed by atoms with Crippen LogP contribution in [-0.4, -0.2) is 23.1 Å². The van der Waals surface area contributed by atoms with Crippen LogP contribution in [-0.2, 0) is 4.79 Å². The maximum absolute atomic E-state index is 12.0. The molecule has 0 heterocycles. The first-order chi connectivity index (χ1) is 11.4. The fourth-order valence-corrected chi connectivity index (χ4v) is 2.65. The molecule has 0 radical (unpaired) electrons. The molecule has 2 amide bonds. The summed E-state index contributed by atoms with van der Waals surface area (Å²) < 4.78 is 0.427. The molecule has 0 saturated carbocycles. The SMILES string of the molecule is CC(=O)Nc1ccc(C(=O)N/N=C/c2cc(Cl)cc(Br)c2O)cc1. The first-order valence-electron chi connectivity index (χ1n) is 6.76. The van der Waals surface area contributed by atoms with Crippen LogP contribution >= 0.6 is 27.5 Å². The highest BCUT2D eigenvalue weighted by Crippen LogP contribution is 2.30. The predicted octanol–water partition coefficient (Wildman–Crippen LogP) is 3.53. The van der Waals surface area contributed by atoms with Gasteiger partial charge in [-0.25, -0.2) is 5.43 Å². The summed E-state index contributed by atoms with van der Waals surface area (Å²) in [6.45, 7) is 1.40. The Bertz CT molecular complexity index is 807. The van der Waals surface area contributed by atoms with Crippen LogP contribution < -0.4 is 10.7 Å². The molecule has 0 aliphatic rings. The Kier molecular flexibility index (Phi) is 5.94. The summed E-state index contributed by atoms with van der Waals surface area (Å²) in [5.41, 5.74) is 3.67. The van der Waals surface area contributed by atoms with Crippen LogP contribution in [0.3, 0.4) is 0 Å². The number of hydrazone groups is 1. The summed E-state index contributed by atoms with van der Waals surface area (Å²) in [7, 11) is 0. The van der Waals surface area contributed by atoms with Crippen molar-refractivity contribution in [3.8, 4) is 5.75 Å². The van der Waals surface area contributed by atoms with E-state index in [4.69, 9.17) is 11.6 Å². The van der Waals surface area contributed by atoms with Crippen molar-refractivity contribution in [3.05, 3.63) is 57.0 Å². The van der Waals surface area contributed by atoms with Gasteiger partial charge in [0.05, 0.1) is 10.7 Å². The first-order valence-corrected chi connectivity index (χ1v) is 7.93. The Labute approximate surface area is 151 Å². The van der Waals surface area contributed by atoms with Gasteiger partial charge in [-0.15, -0.1) is 0 Å². The van der Waals surface area contributed by atoms with Gasteiger partial charge in [-0.1, -0.05) is 11.6 Å². The van der Waals surface area contributed by atoms with E-state index in [1.165, 1.54) is 19.2 Å². The van der Waals surface area contributed by atoms with E-state index in [-0.39, 0.29) is 11.7 Å². The van der Waals surface area contributed by atoms with Gasteiger partial charge in [0, 0.05) is 28.8 Å². The lowest BCUT2D eigenvalue weighted by atomic mass is 10.2. The van der Waals surface area contributed by atoms with Crippen LogP contribution in [0.25, 0.3) is 0 Å². The number of carbonyl (C=O) groups excluding carboxylic acids is 2. The zero-order chi connectivity index (χ0) is 17.7. The summed E-state index contributed by atoms with van der Waals surface area (Å²) in [5.74, 6) is -0.650. The summed E-state index contributed by atoms with van der Waals surface area (Å²) in [6.07, 6.45) is 1.29. The number of hydrogen-bond donors (Lipinski definition) is 3. The molecule has 0 aliphatic heterocycles. The van der Waals surface area contributed by atoms with Gasteiger partial charge in [0.25, 0.3) is 5.91 Å². The molecular weight excluding hydrogens is 398 g/mol. The van der Waals surface area contributed by atoms with Crippen LogP contribution in [0.1, 0.15) is 22.8 Å². The molecule has 3 N–H and O–H groups in total. The predicted molar refractivity (Wildman–Crippen MR) is 96.6 cm³/mol. The number of aromatic hydroxyl groups is 1. The molecule has 0 bridgehead atoms. The third-order valence-corrected chi connectivity index (χ3v) is 3.72. The average molecular weight is 411 g/mol. The Morgan fingerprint density at radius 2 is 1.92 bits per heavy atom. The minimum absolute atomic E-state index is 0.0305. The highest BCUT2D eigenvalue weighted by Gasteiger charge is 2.07. The molecular formula is C16H13BrClN3O3. The Morgan fingerprint density at radius 3 is 2.54 bits per heavy atom. The molecule has 0 saturated heterocycles. The lowest BCUT2D eigenvalue weighted by Crippen LogP contribution is -2.17. The fourth-order valence-electron chi connectivity index (χ4n) is 1.82. The number of nitrogens with zero attached hydrogens (tertiary/aromatic N) is 1. The number of amides is 2. The maximum atomic E-state index is 12.0. The van der Waals surface area contributed by atoms with Crippen molar-refractivity contribution in [1.29, 1.82) is 0 Å². The number of benzene rings is 2. The average Bonchev–Trinajstić information content (AvgIpc) is 2.52. The van der Waals surface area contributed by atoms with E-state index in [1.54, 1.807) is 30.3 Å². The molecule has 0 unspecified atom stereocenters. The number of hydrogen-bond acceptors (Lipinski definition) is 4. The number of nitrogens with one attached hydrogen (secondary N) is 2. The van der Waals surface area contributed by atoms with Gasteiger partial charge in [0.1, 0.15) is 5.75 Å². The molecule has 0 aromatic heterocycles. The highest BCUT2D eigenvalue weighted by atomic mass is 79.9. The van der Waals surface area contributed by atoms with Crippen molar-refractivity contribution in [2.75, 3.05) is 5.32 Å². The molecule has 124 valence electrons. The number of phenolic OH excluding ortho intramolecular Hbond substituents is 1. The fraction of sp³-hybridized carbons (Fsp3) is 0.0625. The van der Waals surface area contributed by atoms with Gasteiger partial charge >= 0.3 is 0 Å². The molecule has 8 heteroatoms. The second-order valence-electron chi connectivity index (χ2n) is 4.78. The Morgan fingerprint density at radius 1 is 1.25 bits per heavy atom. The van der Waals surface area contributed by atoms with Crippen LogP contribution in [0.2, 0.25) is 5.02 Å². The molecule has 6 nitrogen and oxygen atoms in total. The van der Waals surface area contributed by atoms with Crippen molar-refractivity contribution in [2.45, 2.75) is 6.92 Å². The van der Waals surface area contributed by atoms with Crippen molar-refractivity contribution in [1.82, 2.24) is 5.43 Å². The molecule has 2 aromatic rings. The number of anilines is 1. The Hall–Kier alpha value is -2.38. The van der Waals surface area contributed by atoms with E-state index in [0.717, 1.165) is 0 Å². The number of phenols is 1. The minimum Gasteiger partial charge on any atom is -0.506 e. The Balaban J connectivity index is 2.04. The van der Waals surface area contributed by atoms with Gasteiger partial charge in [-0.3, -0.25) is 9.59 Å². The van der Waals surface area contributed by atoms with Gasteiger partial charge in [-0.05, 0) is 52.3 Å². The molecule has 0 atom stereocenters. The van der Waals surface area contributed by atoms with Crippen LogP contribution in [0.4, 0.5) is 5.69 Å². The third kappa shape index (κ3) is 4.81.